The second-order valence-corrected chi connectivity index (χ2v) is 6.85. The molecule has 132 valence electrons. The fourth-order valence-electron chi connectivity index (χ4n) is 2.90. The number of benzene rings is 1. The molecule has 1 aromatic heterocycles. The zero-order valence-corrected chi connectivity index (χ0v) is 14.8. The Kier molecular flexibility index (Phi) is 5.18. The van der Waals surface area contributed by atoms with Gasteiger partial charge < -0.3 is 21.3 Å². The fourth-order valence-corrected chi connectivity index (χ4v) is 3.80. The second-order valence-electron chi connectivity index (χ2n) is 5.84. The molecule has 1 fully saturated rings. The van der Waals surface area contributed by atoms with Crippen molar-refractivity contribution < 1.29 is 9.59 Å². The van der Waals surface area contributed by atoms with Crippen LogP contribution < -0.4 is 21.3 Å². The van der Waals surface area contributed by atoms with E-state index in [-0.39, 0.29) is 23.6 Å². The van der Waals surface area contributed by atoms with E-state index in [9.17, 15) is 9.59 Å². The van der Waals surface area contributed by atoms with Crippen molar-refractivity contribution in [2.45, 2.75) is 25.4 Å². The molecule has 0 aliphatic carbocycles. The number of rotatable bonds is 5. The van der Waals surface area contributed by atoms with Crippen molar-refractivity contribution in [3.05, 3.63) is 41.6 Å². The third kappa shape index (κ3) is 3.74. The number of hydrogen-bond donors (Lipinski definition) is 3. The monoisotopic (exact) mass is 359 g/mol. The van der Waals surface area contributed by atoms with Crippen molar-refractivity contribution in [2.75, 3.05) is 24.2 Å². The number of nitrogens with zero attached hydrogens (tertiary/aromatic N) is 2. The molecule has 2 amide bonds. The standard InChI is InChI=1S/C17H21N5O2S/c1-19-16(24)13-14(18)25-17(21-13)22-9-5-8-12(22)15(23)20-10-11-6-3-2-4-7-11/h2-4,6-7,12H,5,8-10,18H2,1H3,(H,19,24)(H,20,23)/t12-/m1/s1. The SMILES string of the molecule is CNC(=O)c1nc(N2CCC[C@@H]2C(=O)NCc2ccccc2)sc1N. The van der Waals surface area contributed by atoms with Gasteiger partial charge in [0.2, 0.25) is 5.91 Å². The molecule has 2 aromatic rings. The largest absolute Gasteiger partial charge is 0.389 e. The molecular formula is C17H21N5O2S. The van der Waals surface area contributed by atoms with Crippen LogP contribution in [0.5, 0.6) is 0 Å². The highest BCUT2D eigenvalue weighted by Gasteiger charge is 2.33. The van der Waals surface area contributed by atoms with E-state index in [4.69, 9.17) is 5.73 Å². The normalized spacial score (nSPS) is 16.7. The quantitative estimate of drug-likeness (QED) is 0.749. The lowest BCUT2D eigenvalue weighted by Gasteiger charge is -2.23. The Morgan fingerprint density at radius 1 is 1.36 bits per heavy atom. The lowest BCUT2D eigenvalue weighted by molar-refractivity contribution is -0.122. The maximum atomic E-state index is 12.6. The number of aromatic nitrogens is 1. The lowest BCUT2D eigenvalue weighted by atomic mass is 10.2. The summed E-state index contributed by atoms with van der Waals surface area (Å²) in [5.41, 5.74) is 7.19. The number of hydrogen-bond acceptors (Lipinski definition) is 6. The minimum Gasteiger partial charge on any atom is -0.389 e. The van der Waals surface area contributed by atoms with Gasteiger partial charge in [0, 0.05) is 20.1 Å². The first-order valence-corrected chi connectivity index (χ1v) is 8.98. The van der Waals surface area contributed by atoms with Crippen LogP contribution in [-0.4, -0.2) is 36.4 Å². The number of nitrogens with one attached hydrogen (secondary N) is 2. The van der Waals surface area contributed by atoms with Crippen molar-refractivity contribution in [3.63, 3.8) is 0 Å². The highest BCUT2D eigenvalue weighted by Crippen LogP contribution is 2.33. The second kappa shape index (κ2) is 7.52. The third-order valence-corrected chi connectivity index (χ3v) is 5.12. The number of thiazole rings is 1. The smallest absolute Gasteiger partial charge is 0.272 e. The van der Waals surface area contributed by atoms with Gasteiger partial charge in [0.15, 0.2) is 10.8 Å². The fraction of sp³-hybridized carbons (Fsp3) is 0.353. The maximum Gasteiger partial charge on any atom is 0.272 e. The minimum absolute atomic E-state index is 0.0309. The van der Waals surface area contributed by atoms with Crippen molar-refractivity contribution in [3.8, 4) is 0 Å². The van der Waals surface area contributed by atoms with E-state index >= 15 is 0 Å². The number of nitrogens with two attached hydrogens (primary N) is 1. The van der Waals surface area contributed by atoms with E-state index < -0.39 is 0 Å². The predicted octanol–water partition coefficient (Wildman–Crippen LogP) is 1.37. The zero-order valence-electron chi connectivity index (χ0n) is 14.0. The van der Waals surface area contributed by atoms with Crippen LogP contribution in [-0.2, 0) is 11.3 Å². The molecule has 7 nitrogen and oxygen atoms in total. The van der Waals surface area contributed by atoms with Crippen LogP contribution in [0.3, 0.4) is 0 Å². The van der Waals surface area contributed by atoms with Crippen LogP contribution in [0.25, 0.3) is 0 Å². The van der Waals surface area contributed by atoms with E-state index in [0.29, 0.717) is 16.7 Å². The molecule has 1 aromatic carbocycles. The van der Waals surface area contributed by atoms with Gasteiger partial charge in [-0.05, 0) is 18.4 Å². The Morgan fingerprint density at radius 2 is 2.12 bits per heavy atom. The Labute approximate surface area is 150 Å². The first kappa shape index (κ1) is 17.2. The molecule has 1 atom stereocenters. The molecule has 1 saturated heterocycles. The Morgan fingerprint density at radius 3 is 2.84 bits per heavy atom. The third-order valence-electron chi connectivity index (χ3n) is 4.19. The van der Waals surface area contributed by atoms with Gasteiger partial charge in [0.1, 0.15) is 11.0 Å². The van der Waals surface area contributed by atoms with Gasteiger partial charge in [-0.1, -0.05) is 41.7 Å². The molecular weight excluding hydrogens is 338 g/mol. The first-order chi connectivity index (χ1) is 12.1. The highest BCUT2D eigenvalue weighted by molar-refractivity contribution is 7.19. The molecule has 0 bridgehead atoms. The number of amides is 2. The molecule has 0 radical (unpaired) electrons. The molecule has 1 aliphatic heterocycles. The van der Waals surface area contributed by atoms with E-state index in [0.717, 1.165) is 24.9 Å². The van der Waals surface area contributed by atoms with E-state index in [1.165, 1.54) is 18.4 Å². The van der Waals surface area contributed by atoms with Crippen LogP contribution >= 0.6 is 11.3 Å². The van der Waals surface area contributed by atoms with Gasteiger partial charge in [-0.2, -0.15) is 0 Å². The zero-order chi connectivity index (χ0) is 17.8. The number of carbonyl (C=O) groups excluding carboxylic acids is 2. The molecule has 25 heavy (non-hydrogen) atoms. The van der Waals surface area contributed by atoms with Gasteiger partial charge in [-0.25, -0.2) is 4.98 Å². The van der Waals surface area contributed by atoms with Crippen molar-refractivity contribution >= 4 is 33.3 Å². The van der Waals surface area contributed by atoms with Crippen LogP contribution in [0.1, 0.15) is 28.9 Å². The van der Waals surface area contributed by atoms with Gasteiger partial charge in [0.05, 0.1) is 0 Å². The van der Waals surface area contributed by atoms with Crippen molar-refractivity contribution in [2.24, 2.45) is 0 Å². The predicted molar refractivity (Wildman–Crippen MR) is 98.6 cm³/mol. The molecule has 0 saturated carbocycles. The summed E-state index contributed by atoms with van der Waals surface area (Å²) >= 11 is 1.24. The molecule has 2 heterocycles. The Balaban J connectivity index is 1.70. The summed E-state index contributed by atoms with van der Waals surface area (Å²) in [7, 11) is 1.54. The molecule has 0 spiro atoms. The van der Waals surface area contributed by atoms with Crippen molar-refractivity contribution in [1.82, 2.24) is 15.6 Å². The van der Waals surface area contributed by atoms with Gasteiger partial charge in [-0.3, -0.25) is 9.59 Å². The summed E-state index contributed by atoms with van der Waals surface area (Å²) in [6.07, 6.45) is 1.66. The van der Waals surface area contributed by atoms with E-state index in [1.807, 2.05) is 35.2 Å². The average molecular weight is 359 g/mol. The Bertz CT molecular complexity index is 762. The summed E-state index contributed by atoms with van der Waals surface area (Å²) < 4.78 is 0. The summed E-state index contributed by atoms with van der Waals surface area (Å²) in [6.45, 7) is 1.22. The number of anilines is 2. The van der Waals surface area contributed by atoms with E-state index in [2.05, 4.69) is 15.6 Å². The van der Waals surface area contributed by atoms with Crippen LogP contribution in [0.2, 0.25) is 0 Å². The molecule has 3 rings (SSSR count). The molecule has 8 heteroatoms. The lowest BCUT2D eigenvalue weighted by Crippen LogP contribution is -2.43. The number of nitrogen functional groups attached to an aromatic ring is 1. The van der Waals surface area contributed by atoms with E-state index in [1.54, 1.807) is 0 Å². The number of carbonyl (C=O) groups is 2. The van der Waals surface area contributed by atoms with Gasteiger partial charge in [-0.15, -0.1) is 0 Å². The molecule has 0 unspecified atom stereocenters. The van der Waals surface area contributed by atoms with Crippen molar-refractivity contribution in [1.29, 1.82) is 0 Å². The highest BCUT2D eigenvalue weighted by atomic mass is 32.1. The first-order valence-electron chi connectivity index (χ1n) is 8.17. The Hall–Kier alpha value is -2.61. The van der Waals surface area contributed by atoms with Crippen LogP contribution in [0.15, 0.2) is 30.3 Å². The molecule has 4 N–H and O–H groups in total. The summed E-state index contributed by atoms with van der Waals surface area (Å²) in [6, 6.07) is 9.50. The van der Waals surface area contributed by atoms with Crippen LogP contribution in [0.4, 0.5) is 10.1 Å². The van der Waals surface area contributed by atoms with Gasteiger partial charge >= 0.3 is 0 Å². The summed E-state index contributed by atoms with van der Waals surface area (Å²) in [5.74, 6) is -0.346. The maximum absolute atomic E-state index is 12.6. The summed E-state index contributed by atoms with van der Waals surface area (Å²) in [4.78, 5) is 30.7. The van der Waals surface area contributed by atoms with Gasteiger partial charge in [0.25, 0.3) is 5.91 Å². The van der Waals surface area contributed by atoms with Crippen LogP contribution in [0, 0.1) is 0 Å². The minimum atomic E-state index is -0.315. The average Bonchev–Trinajstić information content (AvgIpc) is 3.26. The molecule has 1 aliphatic rings. The summed E-state index contributed by atoms with van der Waals surface area (Å²) in [5, 5.41) is 6.49. The topological polar surface area (TPSA) is 100 Å².